The van der Waals surface area contributed by atoms with E-state index in [1.165, 1.54) is 0 Å². The van der Waals surface area contributed by atoms with Gasteiger partial charge in [0, 0.05) is 38.9 Å². The van der Waals surface area contributed by atoms with Crippen molar-refractivity contribution in [1.29, 1.82) is 0 Å². The van der Waals surface area contributed by atoms with Gasteiger partial charge in [-0.3, -0.25) is 9.58 Å². The molecular formula is C15H23N7O. The predicted molar refractivity (Wildman–Crippen MR) is 86.1 cm³/mol. The Morgan fingerprint density at radius 3 is 3.09 bits per heavy atom. The van der Waals surface area contributed by atoms with Crippen molar-refractivity contribution in [3.63, 3.8) is 0 Å². The highest BCUT2D eigenvalue weighted by Gasteiger charge is 2.22. The van der Waals surface area contributed by atoms with Gasteiger partial charge in [0.1, 0.15) is 12.7 Å². The SMILES string of the molecule is CCN(C[C@@H]1CN(CCn2cncn2)CCO1)c1cccnn1. The molecule has 1 aliphatic rings. The molecule has 0 amide bonds. The fraction of sp³-hybridized carbons (Fsp3) is 0.600. The van der Waals surface area contributed by atoms with Crippen LogP contribution < -0.4 is 4.90 Å². The van der Waals surface area contributed by atoms with Crippen molar-refractivity contribution >= 4 is 5.82 Å². The summed E-state index contributed by atoms with van der Waals surface area (Å²) in [6.45, 7) is 8.30. The minimum atomic E-state index is 0.182. The van der Waals surface area contributed by atoms with Gasteiger partial charge in [0.05, 0.1) is 19.3 Å². The van der Waals surface area contributed by atoms with Crippen molar-refractivity contribution in [2.24, 2.45) is 0 Å². The van der Waals surface area contributed by atoms with Crippen LogP contribution in [0.3, 0.4) is 0 Å². The van der Waals surface area contributed by atoms with Gasteiger partial charge in [0.2, 0.25) is 0 Å². The Morgan fingerprint density at radius 1 is 1.39 bits per heavy atom. The Morgan fingerprint density at radius 2 is 2.35 bits per heavy atom. The molecule has 124 valence electrons. The molecule has 0 saturated carbocycles. The van der Waals surface area contributed by atoms with Crippen molar-refractivity contribution < 1.29 is 4.74 Å². The van der Waals surface area contributed by atoms with Gasteiger partial charge in [-0.05, 0) is 19.1 Å². The van der Waals surface area contributed by atoms with Crippen LogP contribution >= 0.6 is 0 Å². The number of likely N-dealkylation sites (N-methyl/N-ethyl adjacent to an activating group) is 1. The van der Waals surface area contributed by atoms with Crippen molar-refractivity contribution in [3.05, 3.63) is 31.0 Å². The molecule has 0 aromatic carbocycles. The van der Waals surface area contributed by atoms with Crippen LogP contribution in [0.5, 0.6) is 0 Å². The second kappa shape index (κ2) is 7.98. The van der Waals surface area contributed by atoms with Crippen molar-refractivity contribution in [2.75, 3.05) is 44.2 Å². The van der Waals surface area contributed by atoms with E-state index in [4.69, 9.17) is 4.74 Å². The molecule has 1 fully saturated rings. The second-order valence-corrected chi connectivity index (χ2v) is 5.57. The zero-order chi connectivity index (χ0) is 15.9. The molecule has 1 aliphatic heterocycles. The number of hydrogen-bond acceptors (Lipinski definition) is 7. The summed E-state index contributed by atoms with van der Waals surface area (Å²) in [5.41, 5.74) is 0. The van der Waals surface area contributed by atoms with Crippen molar-refractivity contribution in [3.8, 4) is 0 Å². The van der Waals surface area contributed by atoms with Crippen LogP contribution in [0.15, 0.2) is 31.0 Å². The van der Waals surface area contributed by atoms with Crippen molar-refractivity contribution in [1.82, 2.24) is 29.9 Å². The Hall–Kier alpha value is -2.06. The van der Waals surface area contributed by atoms with Crippen LogP contribution in [0.25, 0.3) is 0 Å². The summed E-state index contributed by atoms with van der Waals surface area (Å²) in [5.74, 6) is 0.901. The van der Waals surface area contributed by atoms with Gasteiger partial charge in [-0.25, -0.2) is 4.98 Å². The van der Waals surface area contributed by atoms with E-state index in [1.807, 2.05) is 16.8 Å². The molecule has 8 heteroatoms. The van der Waals surface area contributed by atoms with Crippen LogP contribution in [0, 0.1) is 0 Å². The quantitative estimate of drug-likeness (QED) is 0.727. The molecule has 0 unspecified atom stereocenters. The van der Waals surface area contributed by atoms with E-state index in [0.29, 0.717) is 0 Å². The highest BCUT2D eigenvalue weighted by Crippen LogP contribution is 2.12. The first-order valence-corrected chi connectivity index (χ1v) is 8.04. The molecule has 2 aromatic rings. The van der Waals surface area contributed by atoms with Gasteiger partial charge in [0.15, 0.2) is 5.82 Å². The van der Waals surface area contributed by atoms with E-state index in [-0.39, 0.29) is 6.10 Å². The zero-order valence-corrected chi connectivity index (χ0v) is 13.5. The van der Waals surface area contributed by atoms with E-state index in [1.54, 1.807) is 18.9 Å². The Kier molecular flexibility index (Phi) is 5.49. The third-order valence-corrected chi connectivity index (χ3v) is 4.02. The van der Waals surface area contributed by atoms with Gasteiger partial charge in [-0.1, -0.05) is 0 Å². The number of morpholine rings is 1. The molecular weight excluding hydrogens is 294 g/mol. The van der Waals surface area contributed by atoms with Gasteiger partial charge in [-0.15, -0.1) is 5.10 Å². The number of hydrogen-bond donors (Lipinski definition) is 0. The molecule has 3 rings (SSSR count). The molecule has 0 N–H and O–H groups in total. The van der Waals surface area contributed by atoms with Gasteiger partial charge >= 0.3 is 0 Å². The molecule has 0 radical (unpaired) electrons. The first kappa shape index (κ1) is 15.8. The maximum atomic E-state index is 5.93. The van der Waals surface area contributed by atoms with Crippen LogP contribution in [0.4, 0.5) is 5.82 Å². The number of nitrogens with zero attached hydrogens (tertiary/aromatic N) is 7. The van der Waals surface area contributed by atoms with Gasteiger partial charge in [-0.2, -0.15) is 10.2 Å². The monoisotopic (exact) mass is 317 g/mol. The Balaban J connectivity index is 1.51. The minimum Gasteiger partial charge on any atom is -0.374 e. The fourth-order valence-corrected chi connectivity index (χ4v) is 2.78. The fourth-order valence-electron chi connectivity index (χ4n) is 2.78. The highest BCUT2D eigenvalue weighted by molar-refractivity contribution is 5.36. The van der Waals surface area contributed by atoms with Crippen LogP contribution in [0.2, 0.25) is 0 Å². The summed E-state index contributed by atoms with van der Waals surface area (Å²) < 4.78 is 7.80. The van der Waals surface area contributed by atoms with Crippen LogP contribution in [-0.4, -0.2) is 75.3 Å². The molecule has 0 bridgehead atoms. The smallest absolute Gasteiger partial charge is 0.151 e. The molecule has 8 nitrogen and oxygen atoms in total. The summed E-state index contributed by atoms with van der Waals surface area (Å²) in [6, 6.07) is 3.90. The van der Waals surface area contributed by atoms with Crippen LogP contribution in [0.1, 0.15) is 6.92 Å². The number of aromatic nitrogens is 5. The summed E-state index contributed by atoms with van der Waals surface area (Å²) in [5, 5.41) is 12.3. The van der Waals surface area contributed by atoms with Gasteiger partial charge in [0.25, 0.3) is 0 Å². The zero-order valence-electron chi connectivity index (χ0n) is 13.5. The molecule has 0 spiro atoms. The molecule has 23 heavy (non-hydrogen) atoms. The topological polar surface area (TPSA) is 72.2 Å². The van der Waals surface area contributed by atoms with Crippen LogP contribution in [-0.2, 0) is 11.3 Å². The predicted octanol–water partition coefficient (Wildman–Crippen LogP) is 0.295. The maximum absolute atomic E-state index is 5.93. The number of rotatable bonds is 7. The summed E-state index contributed by atoms with van der Waals surface area (Å²) in [7, 11) is 0. The largest absolute Gasteiger partial charge is 0.374 e. The lowest BCUT2D eigenvalue weighted by atomic mass is 10.2. The van der Waals surface area contributed by atoms with E-state index in [0.717, 1.165) is 51.7 Å². The maximum Gasteiger partial charge on any atom is 0.151 e. The number of ether oxygens (including phenoxy) is 1. The molecule has 0 aliphatic carbocycles. The summed E-state index contributed by atoms with van der Waals surface area (Å²) in [6.07, 6.45) is 5.20. The highest BCUT2D eigenvalue weighted by atomic mass is 16.5. The average Bonchev–Trinajstić information content (AvgIpc) is 3.12. The van der Waals surface area contributed by atoms with Gasteiger partial charge < -0.3 is 9.64 Å². The molecule has 3 heterocycles. The Labute approximate surface area is 136 Å². The average molecular weight is 317 g/mol. The third-order valence-electron chi connectivity index (χ3n) is 4.02. The molecule has 2 aromatic heterocycles. The minimum absolute atomic E-state index is 0.182. The Bertz CT molecular complexity index is 562. The summed E-state index contributed by atoms with van der Waals surface area (Å²) in [4.78, 5) is 8.60. The van der Waals surface area contributed by atoms with E-state index >= 15 is 0 Å². The first-order valence-electron chi connectivity index (χ1n) is 8.04. The summed E-state index contributed by atoms with van der Waals surface area (Å²) >= 11 is 0. The van der Waals surface area contributed by atoms with E-state index in [2.05, 4.69) is 37.0 Å². The standard InChI is InChI=1S/C15H23N7O/c1-2-21(15-4-3-5-17-19-15)11-14-10-20(8-9-23-14)6-7-22-13-16-12-18-22/h3-5,12-14H,2,6-11H2,1H3/t14-/m0/s1. The third kappa shape index (κ3) is 4.46. The van der Waals surface area contributed by atoms with E-state index < -0.39 is 0 Å². The molecule has 1 atom stereocenters. The van der Waals surface area contributed by atoms with Crippen molar-refractivity contribution in [2.45, 2.75) is 19.6 Å². The van der Waals surface area contributed by atoms with E-state index in [9.17, 15) is 0 Å². The molecule has 1 saturated heterocycles. The normalized spacial score (nSPS) is 18.9. The lowest BCUT2D eigenvalue weighted by Gasteiger charge is -2.35. The number of anilines is 1. The second-order valence-electron chi connectivity index (χ2n) is 5.57. The lowest BCUT2D eigenvalue weighted by Crippen LogP contribution is -2.48. The first-order chi connectivity index (χ1) is 11.3. The lowest BCUT2D eigenvalue weighted by molar-refractivity contribution is -0.0250.